The molecule has 42 heavy (non-hydrogen) atoms. The molecule has 2 aliphatic heterocycles. The highest BCUT2D eigenvalue weighted by atomic mass is 19.4. The molecule has 13 N–H and O–H groups in total. The Kier molecular flexibility index (Phi) is 10.8. The van der Waals surface area contributed by atoms with Crippen molar-refractivity contribution in [2.24, 2.45) is 22.9 Å². The maximum Gasteiger partial charge on any atom is 0.416 e. The Morgan fingerprint density at radius 1 is 0.786 bits per heavy atom. The molecule has 2 heterocycles. The fourth-order valence-electron chi connectivity index (χ4n) is 5.34. The first-order chi connectivity index (χ1) is 19.8. The number of hydrogen-bond donors (Lipinski definition) is 9. The predicted octanol–water partition coefficient (Wildman–Crippen LogP) is -3.41. The van der Waals surface area contributed by atoms with Gasteiger partial charge in [-0.15, -0.1) is 0 Å². The molecule has 240 valence electrons. The molecule has 0 radical (unpaired) electrons. The summed E-state index contributed by atoms with van der Waals surface area (Å²) in [4.78, 5) is 0. The first-order valence-corrected chi connectivity index (χ1v) is 13.5. The van der Waals surface area contributed by atoms with Crippen molar-refractivity contribution >= 4 is 0 Å². The molecule has 0 amide bonds. The van der Waals surface area contributed by atoms with Gasteiger partial charge in [0.25, 0.3) is 0 Å². The second-order valence-corrected chi connectivity index (χ2v) is 10.8. The van der Waals surface area contributed by atoms with Crippen LogP contribution in [0.3, 0.4) is 0 Å². The van der Waals surface area contributed by atoms with Gasteiger partial charge in [-0.05, 0) is 24.1 Å². The van der Waals surface area contributed by atoms with Crippen LogP contribution in [0.4, 0.5) is 13.2 Å². The summed E-state index contributed by atoms with van der Waals surface area (Å²) in [5.74, 6) is 0. The zero-order valence-electron chi connectivity index (χ0n) is 22.4. The fourth-order valence-corrected chi connectivity index (χ4v) is 5.34. The molecule has 0 aromatic heterocycles. The van der Waals surface area contributed by atoms with Crippen LogP contribution < -0.4 is 22.9 Å². The number of hydrogen-bond acceptors (Lipinski definition) is 14. The highest BCUT2D eigenvalue weighted by Crippen LogP contribution is 2.34. The topological polar surface area (TPSA) is 251 Å². The predicted molar refractivity (Wildman–Crippen MR) is 136 cm³/mol. The minimum Gasteiger partial charge on any atom is -0.394 e. The van der Waals surface area contributed by atoms with E-state index in [0.29, 0.717) is 5.56 Å². The molecule has 0 unspecified atom stereocenters. The van der Waals surface area contributed by atoms with Gasteiger partial charge in [-0.1, -0.05) is 12.1 Å². The summed E-state index contributed by atoms with van der Waals surface area (Å²) >= 11 is 0. The summed E-state index contributed by atoms with van der Waals surface area (Å²) in [6, 6.07) is 1.46. The third-order valence-corrected chi connectivity index (χ3v) is 7.82. The van der Waals surface area contributed by atoms with Crippen molar-refractivity contribution in [1.82, 2.24) is 0 Å². The van der Waals surface area contributed by atoms with Gasteiger partial charge >= 0.3 is 6.18 Å². The van der Waals surface area contributed by atoms with Crippen molar-refractivity contribution in [3.8, 4) is 0 Å². The first-order valence-electron chi connectivity index (χ1n) is 13.5. The van der Waals surface area contributed by atoms with E-state index >= 15 is 0 Å². The summed E-state index contributed by atoms with van der Waals surface area (Å²) in [7, 11) is 0. The Bertz CT molecular complexity index is 1010. The molecular weight excluding hydrogens is 573 g/mol. The Morgan fingerprint density at radius 2 is 1.40 bits per heavy atom. The third-order valence-electron chi connectivity index (χ3n) is 7.82. The van der Waals surface area contributed by atoms with Crippen LogP contribution in [0.1, 0.15) is 17.5 Å². The standard InChI is InChI=1S/C25H39F3N4O10/c26-25(27,28)10-3-1-9(2-4-10)8-38-20-12(31)5-11(30)16(34)22(20)42-24-19(37)21(14(7-33)40-24)41-23-15(32)18(36)17(35)13(6-29)39-23/h1-4,11-24,33-37H,5-8,29-32H2/t11-,12+,13-,14-,15+,16+,17+,18+,19-,20-,21-,22-,23+,24+/m1/s1. The number of aliphatic hydroxyl groups excluding tert-OH is 5. The van der Waals surface area contributed by atoms with Gasteiger partial charge < -0.3 is 72.2 Å². The number of alkyl halides is 3. The highest BCUT2D eigenvalue weighted by Gasteiger charge is 2.53. The van der Waals surface area contributed by atoms with Gasteiger partial charge in [0.05, 0.1) is 30.9 Å². The number of rotatable bonds is 9. The summed E-state index contributed by atoms with van der Waals surface area (Å²) in [6.07, 6.45) is -18.8. The van der Waals surface area contributed by atoms with Crippen LogP contribution in [0.5, 0.6) is 0 Å². The maximum absolute atomic E-state index is 12.9. The van der Waals surface area contributed by atoms with Gasteiger partial charge in [0, 0.05) is 18.6 Å². The van der Waals surface area contributed by atoms with E-state index in [0.717, 1.165) is 12.1 Å². The Labute approximate surface area is 239 Å². The van der Waals surface area contributed by atoms with E-state index in [1.165, 1.54) is 12.1 Å². The number of aliphatic hydroxyl groups is 5. The van der Waals surface area contributed by atoms with Crippen LogP contribution in [-0.2, 0) is 36.5 Å². The van der Waals surface area contributed by atoms with Crippen molar-refractivity contribution in [2.75, 3.05) is 13.2 Å². The molecular formula is C25H39F3N4O10. The zero-order valence-corrected chi connectivity index (χ0v) is 22.4. The maximum atomic E-state index is 12.9. The minimum atomic E-state index is -4.50. The lowest BCUT2D eigenvalue weighted by Crippen LogP contribution is -2.64. The van der Waals surface area contributed by atoms with E-state index in [-0.39, 0.29) is 19.6 Å². The van der Waals surface area contributed by atoms with Crippen LogP contribution in [0.2, 0.25) is 0 Å². The Balaban J connectivity index is 1.45. The van der Waals surface area contributed by atoms with Gasteiger partial charge in [-0.2, -0.15) is 13.2 Å². The van der Waals surface area contributed by atoms with E-state index in [1.54, 1.807) is 0 Å². The lowest BCUT2D eigenvalue weighted by molar-refractivity contribution is -0.280. The second kappa shape index (κ2) is 13.6. The normalized spacial score (nSPS) is 43.0. The molecule has 0 spiro atoms. The summed E-state index contributed by atoms with van der Waals surface area (Å²) < 4.78 is 67.5. The van der Waals surface area contributed by atoms with Crippen LogP contribution in [0.25, 0.3) is 0 Å². The molecule has 3 fully saturated rings. The minimum absolute atomic E-state index is 0.130. The molecule has 14 atom stereocenters. The van der Waals surface area contributed by atoms with E-state index in [1.807, 2.05) is 0 Å². The van der Waals surface area contributed by atoms with E-state index < -0.39 is 104 Å². The number of nitrogens with two attached hydrogens (primary N) is 4. The van der Waals surface area contributed by atoms with E-state index in [2.05, 4.69) is 0 Å². The highest BCUT2D eigenvalue weighted by molar-refractivity contribution is 5.24. The largest absolute Gasteiger partial charge is 0.416 e. The number of halogens is 3. The van der Waals surface area contributed by atoms with Crippen molar-refractivity contribution in [2.45, 2.75) is 105 Å². The molecule has 1 aromatic rings. The summed E-state index contributed by atoms with van der Waals surface area (Å²) in [6.45, 7) is -0.989. The van der Waals surface area contributed by atoms with Crippen LogP contribution in [0.15, 0.2) is 24.3 Å². The average molecular weight is 613 g/mol. The SMILES string of the molecule is NC[C@H]1O[C@@H](O[C@H]2[C@@H](O)[C@H](O[C@@H]3[C@@H](O)[C@H](N)C[C@H](N)[C@H]3OCc3ccc(C(F)(F)F)cc3)O[C@@H]2CO)[C@@H](N)[C@H](O)[C@H]1O. The lowest BCUT2D eigenvalue weighted by Gasteiger charge is -2.43. The first kappa shape index (κ1) is 33.3. The fraction of sp³-hybridized carbons (Fsp3) is 0.760. The molecule has 3 aliphatic rings. The third kappa shape index (κ3) is 7.05. The van der Waals surface area contributed by atoms with E-state index in [4.69, 9.17) is 46.6 Å². The average Bonchev–Trinajstić information content (AvgIpc) is 3.24. The monoisotopic (exact) mass is 612 g/mol. The molecule has 2 saturated heterocycles. The Morgan fingerprint density at radius 3 is 2.00 bits per heavy atom. The lowest BCUT2D eigenvalue weighted by atomic mass is 9.84. The number of benzene rings is 1. The molecule has 1 aliphatic carbocycles. The van der Waals surface area contributed by atoms with Gasteiger partial charge in [0.2, 0.25) is 0 Å². The van der Waals surface area contributed by atoms with Gasteiger partial charge in [0.15, 0.2) is 12.6 Å². The van der Waals surface area contributed by atoms with Crippen molar-refractivity contribution in [3.05, 3.63) is 35.4 Å². The van der Waals surface area contributed by atoms with Crippen LogP contribution in [0, 0.1) is 0 Å². The zero-order chi connectivity index (χ0) is 30.9. The van der Waals surface area contributed by atoms with Gasteiger partial charge in [0.1, 0.15) is 48.8 Å². The van der Waals surface area contributed by atoms with Gasteiger partial charge in [-0.25, -0.2) is 0 Å². The van der Waals surface area contributed by atoms with Crippen molar-refractivity contribution in [3.63, 3.8) is 0 Å². The summed E-state index contributed by atoms with van der Waals surface area (Å²) in [5, 5.41) is 52.2. The smallest absolute Gasteiger partial charge is 0.394 e. The van der Waals surface area contributed by atoms with Crippen molar-refractivity contribution in [1.29, 1.82) is 0 Å². The molecule has 14 nitrogen and oxygen atoms in total. The second-order valence-electron chi connectivity index (χ2n) is 10.8. The molecule has 1 saturated carbocycles. The quantitative estimate of drug-likeness (QED) is 0.132. The molecule has 4 rings (SSSR count). The molecule has 0 bridgehead atoms. The van der Waals surface area contributed by atoms with Gasteiger partial charge in [-0.3, -0.25) is 0 Å². The molecule has 17 heteroatoms. The van der Waals surface area contributed by atoms with Crippen LogP contribution >= 0.6 is 0 Å². The molecule has 1 aromatic carbocycles. The Hall–Kier alpha value is -1.55. The summed E-state index contributed by atoms with van der Waals surface area (Å²) in [5.41, 5.74) is 23.4. The van der Waals surface area contributed by atoms with Crippen molar-refractivity contribution < 1.29 is 62.4 Å². The van der Waals surface area contributed by atoms with E-state index in [9.17, 15) is 38.7 Å². The van der Waals surface area contributed by atoms with Crippen LogP contribution in [-0.4, -0.2) is 124 Å². The number of ether oxygens (including phenoxy) is 5.